The predicted octanol–water partition coefficient (Wildman–Crippen LogP) is -9.75. The largest absolute Gasteiger partial charge is 0.394 e. The van der Waals surface area contributed by atoms with Gasteiger partial charge in [0.25, 0.3) is 0 Å². The molecule has 14 N–H and O–H groups in total. The lowest BCUT2D eigenvalue weighted by molar-refractivity contribution is -0.399. The summed E-state index contributed by atoms with van der Waals surface area (Å²) < 4.78 is 37.9. The minimum Gasteiger partial charge on any atom is -0.394 e. The summed E-state index contributed by atoms with van der Waals surface area (Å²) in [4.78, 5) is 0. The van der Waals surface area contributed by atoms with Crippen molar-refractivity contribution in [2.75, 3.05) is 26.4 Å². The van der Waals surface area contributed by atoms with Gasteiger partial charge in [-0.25, -0.2) is 0 Å². The van der Waals surface area contributed by atoms with Gasteiger partial charge in [-0.1, -0.05) is 0 Å². The fraction of sp³-hybridized carbons (Fsp3) is 1.00. The van der Waals surface area contributed by atoms with Crippen molar-refractivity contribution in [3.8, 4) is 0 Å². The van der Waals surface area contributed by atoms with E-state index in [0.29, 0.717) is 0 Å². The normalized spacial score (nSPS) is 52.9. The van der Waals surface area contributed by atoms with Crippen molar-refractivity contribution in [2.24, 2.45) is 0 Å². The number of rotatable bonds is 10. The first-order valence-electron chi connectivity index (χ1n) is 14.1. The summed E-state index contributed by atoms with van der Waals surface area (Å²) in [5, 5.41) is 143. The Morgan fingerprint density at radius 3 is 1.24 bits per heavy atom. The molecule has 0 aromatic carbocycles. The van der Waals surface area contributed by atoms with E-state index in [4.69, 9.17) is 33.2 Å². The first kappa shape index (κ1) is 37.0. The van der Waals surface area contributed by atoms with Gasteiger partial charge < -0.3 is 105 Å². The Balaban J connectivity index is 1.56. The van der Waals surface area contributed by atoms with Gasteiger partial charge in [0.1, 0.15) is 97.7 Å². The third kappa shape index (κ3) is 7.44. The van der Waals surface area contributed by atoms with Crippen molar-refractivity contribution in [1.29, 1.82) is 0 Å². The van der Waals surface area contributed by atoms with Crippen LogP contribution in [0.5, 0.6) is 0 Å². The summed E-state index contributed by atoms with van der Waals surface area (Å²) in [6.07, 6.45) is -36.3. The summed E-state index contributed by atoms with van der Waals surface area (Å²) in [7, 11) is 0. The summed E-state index contributed by atoms with van der Waals surface area (Å²) in [5.41, 5.74) is 0. The summed E-state index contributed by atoms with van der Waals surface area (Å²) in [6, 6.07) is 0. The molecule has 0 bridgehead atoms. The fourth-order valence-corrected chi connectivity index (χ4v) is 5.50. The molecule has 4 fully saturated rings. The Kier molecular flexibility index (Phi) is 12.8. The third-order valence-corrected chi connectivity index (χ3v) is 8.21. The highest BCUT2D eigenvalue weighted by Crippen LogP contribution is 2.34. The molecule has 264 valence electrons. The molecular weight excluding hydrogens is 624 g/mol. The van der Waals surface area contributed by atoms with Crippen LogP contribution in [-0.4, -0.2) is 221 Å². The van der Waals surface area contributed by atoms with E-state index in [9.17, 15) is 71.5 Å². The lowest BCUT2D eigenvalue weighted by Crippen LogP contribution is -2.67. The molecule has 45 heavy (non-hydrogen) atoms. The molecule has 21 nitrogen and oxygen atoms in total. The van der Waals surface area contributed by atoms with Crippen molar-refractivity contribution in [3.05, 3.63) is 0 Å². The topological polar surface area (TPSA) is 348 Å². The Hall–Kier alpha value is -0.840. The molecular formula is C24H42O21. The molecule has 0 radical (unpaired) electrons. The number of hydrogen-bond acceptors (Lipinski definition) is 21. The molecule has 20 atom stereocenters. The van der Waals surface area contributed by atoms with E-state index in [2.05, 4.69) is 0 Å². The maximum absolute atomic E-state index is 11.1. The van der Waals surface area contributed by atoms with E-state index in [1.807, 2.05) is 0 Å². The second-order valence-corrected chi connectivity index (χ2v) is 11.1. The van der Waals surface area contributed by atoms with Gasteiger partial charge in [0.05, 0.1) is 26.4 Å². The molecule has 21 heteroatoms. The second-order valence-electron chi connectivity index (χ2n) is 11.1. The van der Waals surface area contributed by atoms with E-state index in [1.165, 1.54) is 0 Å². The van der Waals surface area contributed by atoms with Crippen LogP contribution in [-0.2, 0) is 33.2 Å². The average molecular weight is 667 g/mol. The van der Waals surface area contributed by atoms with E-state index >= 15 is 0 Å². The van der Waals surface area contributed by atoms with Crippen LogP contribution in [0.2, 0.25) is 0 Å². The Bertz CT molecular complexity index is 916. The van der Waals surface area contributed by atoms with Gasteiger partial charge in [0.2, 0.25) is 0 Å². The number of hydrogen-bond donors (Lipinski definition) is 14. The quantitative estimate of drug-likeness (QED) is 0.103. The molecule has 0 spiro atoms. The zero-order valence-electron chi connectivity index (χ0n) is 23.5. The van der Waals surface area contributed by atoms with Gasteiger partial charge in [0, 0.05) is 0 Å². The van der Waals surface area contributed by atoms with E-state index in [1.54, 1.807) is 0 Å². The fourth-order valence-electron chi connectivity index (χ4n) is 5.50. The van der Waals surface area contributed by atoms with Crippen LogP contribution >= 0.6 is 0 Å². The highest BCUT2D eigenvalue weighted by Gasteiger charge is 2.55. The molecule has 0 aliphatic carbocycles. The van der Waals surface area contributed by atoms with Crippen LogP contribution in [0.3, 0.4) is 0 Å². The van der Waals surface area contributed by atoms with Gasteiger partial charge >= 0.3 is 0 Å². The molecule has 4 heterocycles. The van der Waals surface area contributed by atoms with Crippen LogP contribution in [0, 0.1) is 0 Å². The Morgan fingerprint density at radius 2 is 0.711 bits per heavy atom. The van der Waals surface area contributed by atoms with Crippen LogP contribution in [0.4, 0.5) is 0 Å². The maximum Gasteiger partial charge on any atom is 0.187 e. The smallest absolute Gasteiger partial charge is 0.187 e. The van der Waals surface area contributed by atoms with E-state index < -0.39 is 149 Å². The summed E-state index contributed by atoms with van der Waals surface area (Å²) in [6.45, 7) is -3.39. The van der Waals surface area contributed by atoms with Crippen molar-refractivity contribution in [1.82, 2.24) is 0 Å². The van der Waals surface area contributed by atoms with Crippen LogP contribution < -0.4 is 0 Å². The molecule has 0 saturated carbocycles. The molecule has 4 rings (SSSR count). The van der Waals surface area contributed by atoms with E-state index in [-0.39, 0.29) is 0 Å². The minimum absolute atomic E-state index is 0.785. The lowest BCUT2D eigenvalue weighted by atomic mass is 9.96. The zero-order chi connectivity index (χ0) is 33.3. The van der Waals surface area contributed by atoms with Crippen molar-refractivity contribution >= 4 is 0 Å². The number of aliphatic hydroxyl groups excluding tert-OH is 14. The first-order valence-corrected chi connectivity index (χ1v) is 14.1. The van der Waals surface area contributed by atoms with Crippen molar-refractivity contribution in [2.45, 2.75) is 123 Å². The average Bonchev–Trinajstić information content (AvgIpc) is 3.03. The molecule has 0 amide bonds. The first-order chi connectivity index (χ1) is 21.3. The molecule has 1 unspecified atom stereocenters. The number of ether oxygens (including phenoxy) is 7. The predicted molar refractivity (Wildman–Crippen MR) is 134 cm³/mol. The number of aliphatic hydroxyl groups is 14. The monoisotopic (exact) mass is 666 g/mol. The highest BCUT2D eigenvalue weighted by atomic mass is 16.8. The minimum atomic E-state index is -2.07. The third-order valence-electron chi connectivity index (χ3n) is 8.21. The van der Waals surface area contributed by atoms with Crippen LogP contribution in [0.1, 0.15) is 0 Å². The zero-order valence-corrected chi connectivity index (χ0v) is 23.5. The molecule has 4 saturated heterocycles. The Morgan fingerprint density at radius 1 is 0.333 bits per heavy atom. The van der Waals surface area contributed by atoms with Crippen molar-refractivity contribution < 1.29 is 105 Å². The maximum atomic E-state index is 11.1. The lowest BCUT2D eigenvalue weighted by Gasteiger charge is -2.49. The standard InChI is InChI=1S/C24H42O21/c25-1-5-10(30)14(34)19(21(38)39-5)44-24-20(15(35)11(31)7(3-27)42-24)45-23-17(37)18(12(32)8(4-28)41-23)43-22-16(36)13(33)9(29)6(2-26)40-22/h5-38H,1-4H2/t5-,6-,7-,8-,9-,10-,11-,12-,13+,14+,15+,16+,17+,18+,19+,20+,21?,22-,23-,24-/m0/s1. The van der Waals surface area contributed by atoms with Crippen LogP contribution in [0.15, 0.2) is 0 Å². The van der Waals surface area contributed by atoms with Gasteiger partial charge in [-0.05, 0) is 0 Å². The highest BCUT2D eigenvalue weighted by molar-refractivity contribution is 4.97. The SMILES string of the molecule is OC[C@@H]1O[C@@H](O[C@@H]2[C@@H](O)[C@H](CO)O[C@@H](O[C@H]3[C@H](O[C@H]4C(O)O[C@@H](CO)[C@H](O)[C@H]4O)O[C@@H](CO)[C@H](O)[C@H]3O)[C@@H]2O)[C@H](O)[C@H](O)[C@H]1O. The van der Waals surface area contributed by atoms with Gasteiger partial charge in [-0.2, -0.15) is 0 Å². The van der Waals surface area contributed by atoms with Gasteiger partial charge in [-0.3, -0.25) is 0 Å². The second kappa shape index (κ2) is 15.6. The van der Waals surface area contributed by atoms with Crippen LogP contribution in [0.25, 0.3) is 0 Å². The molecule has 0 aromatic heterocycles. The summed E-state index contributed by atoms with van der Waals surface area (Å²) in [5.74, 6) is 0. The molecule has 4 aliphatic heterocycles. The van der Waals surface area contributed by atoms with Crippen molar-refractivity contribution in [3.63, 3.8) is 0 Å². The van der Waals surface area contributed by atoms with Gasteiger partial charge in [-0.15, -0.1) is 0 Å². The molecule has 0 aromatic rings. The van der Waals surface area contributed by atoms with Gasteiger partial charge in [0.15, 0.2) is 25.2 Å². The summed E-state index contributed by atoms with van der Waals surface area (Å²) >= 11 is 0. The molecule has 4 aliphatic rings. The van der Waals surface area contributed by atoms with E-state index in [0.717, 1.165) is 0 Å². The Labute approximate surface area is 254 Å².